The van der Waals surface area contributed by atoms with Gasteiger partial charge in [-0.3, -0.25) is 0 Å². The quantitative estimate of drug-likeness (QED) is 0.642. The van der Waals surface area contributed by atoms with Crippen molar-refractivity contribution >= 4 is 0 Å². The molecule has 0 heterocycles. The van der Waals surface area contributed by atoms with Gasteiger partial charge in [0.2, 0.25) is 0 Å². The fourth-order valence-corrected chi connectivity index (χ4v) is 0.760. The van der Waals surface area contributed by atoms with Gasteiger partial charge < -0.3 is 0 Å². The van der Waals surface area contributed by atoms with Gasteiger partial charge in [0, 0.05) is 0 Å². The summed E-state index contributed by atoms with van der Waals surface area (Å²) in [7, 11) is 0. The molecule has 0 spiro atoms. The summed E-state index contributed by atoms with van der Waals surface area (Å²) in [6.07, 6.45) is 0. The van der Waals surface area contributed by atoms with Gasteiger partial charge in [-0.15, -0.1) is 0 Å². The Hall–Kier alpha value is -1.42. The Bertz CT molecular complexity index is 239. The van der Waals surface area contributed by atoms with E-state index in [2.05, 4.69) is 22.4 Å². The Kier molecular flexibility index (Phi) is 5.48. The summed E-state index contributed by atoms with van der Waals surface area (Å²) in [5.74, 6) is 0.269. The minimum Gasteiger partial charge on any atom is -0.196 e. The fourth-order valence-electron chi connectivity index (χ4n) is 0.760. The Labute approximate surface area is 85.3 Å². The van der Waals surface area contributed by atoms with Crippen LogP contribution in [0.3, 0.4) is 0 Å². The second-order valence-electron chi connectivity index (χ2n) is 3.87. The smallest absolute Gasteiger partial charge is 0.159 e. The van der Waals surface area contributed by atoms with E-state index >= 15 is 0 Å². The summed E-state index contributed by atoms with van der Waals surface area (Å²) < 4.78 is 0. The summed E-state index contributed by atoms with van der Waals surface area (Å²) in [6, 6.07) is 3.22. The molecule has 0 aromatic heterocycles. The molecule has 0 unspecified atom stereocenters. The summed E-state index contributed by atoms with van der Waals surface area (Å²) in [6.45, 7) is 7.63. The van der Waals surface area contributed by atoms with Crippen LogP contribution in [0.2, 0.25) is 0 Å². The summed E-state index contributed by atoms with van der Waals surface area (Å²) in [5.41, 5.74) is 0. The third-order valence-corrected chi connectivity index (χ3v) is 1.84. The zero-order valence-corrected chi connectivity index (χ0v) is 9.10. The van der Waals surface area contributed by atoms with Crippen molar-refractivity contribution in [2.24, 2.45) is 22.1 Å². The second kappa shape index (κ2) is 6.10. The van der Waals surface area contributed by atoms with Gasteiger partial charge in [-0.05, 0) is 11.8 Å². The van der Waals surface area contributed by atoms with Crippen LogP contribution < -0.4 is 0 Å². The van der Waals surface area contributed by atoms with Gasteiger partial charge in [-0.25, -0.2) is 0 Å². The Morgan fingerprint density at radius 3 is 1.21 bits per heavy atom. The maximum absolute atomic E-state index is 8.73. The van der Waals surface area contributed by atoms with Crippen LogP contribution in [0.4, 0.5) is 0 Å². The van der Waals surface area contributed by atoms with Gasteiger partial charge >= 0.3 is 0 Å². The molecule has 0 amide bonds. The third-order valence-electron chi connectivity index (χ3n) is 1.84. The van der Waals surface area contributed by atoms with Crippen LogP contribution in [0.15, 0.2) is 10.2 Å². The molecule has 0 N–H and O–H groups in total. The first kappa shape index (κ1) is 12.6. The molecule has 2 atom stereocenters. The molecule has 0 aromatic carbocycles. The molecule has 0 aromatic rings. The van der Waals surface area contributed by atoms with Crippen LogP contribution in [0.1, 0.15) is 27.7 Å². The zero-order valence-electron chi connectivity index (χ0n) is 9.10. The molecule has 0 aliphatic heterocycles. The number of rotatable bonds is 4. The van der Waals surface area contributed by atoms with Gasteiger partial charge in [0.15, 0.2) is 12.1 Å². The lowest BCUT2D eigenvalue weighted by Crippen LogP contribution is -2.13. The first-order valence-corrected chi connectivity index (χ1v) is 4.72. The molecule has 0 aliphatic rings. The predicted molar refractivity (Wildman–Crippen MR) is 53.3 cm³/mol. The number of nitriles is 2. The van der Waals surface area contributed by atoms with Crippen molar-refractivity contribution in [3.63, 3.8) is 0 Å². The molecule has 0 saturated heterocycles. The van der Waals surface area contributed by atoms with Gasteiger partial charge in [0.25, 0.3) is 0 Å². The van der Waals surface area contributed by atoms with Crippen LogP contribution in [-0.4, -0.2) is 12.1 Å². The Morgan fingerprint density at radius 2 is 1.07 bits per heavy atom. The predicted octanol–water partition coefficient (Wildman–Crippen LogP) is 2.53. The van der Waals surface area contributed by atoms with Crippen molar-refractivity contribution in [2.45, 2.75) is 39.8 Å². The highest BCUT2D eigenvalue weighted by Crippen LogP contribution is 2.10. The minimum atomic E-state index is -0.440. The number of azo groups is 1. The van der Waals surface area contributed by atoms with Gasteiger partial charge in [0.05, 0.1) is 12.1 Å². The average molecular weight is 192 g/mol. The minimum absolute atomic E-state index is 0.134. The lowest BCUT2D eigenvalue weighted by Gasteiger charge is -2.09. The van der Waals surface area contributed by atoms with E-state index in [0.29, 0.717) is 0 Å². The molecule has 0 radical (unpaired) electrons. The molecule has 0 saturated carbocycles. The molecule has 0 aliphatic carbocycles. The van der Waals surface area contributed by atoms with Crippen LogP contribution in [-0.2, 0) is 0 Å². The Balaban J connectivity index is 4.42. The topological polar surface area (TPSA) is 72.3 Å². The van der Waals surface area contributed by atoms with E-state index < -0.39 is 12.1 Å². The normalized spacial score (nSPS) is 15.4. The maximum Gasteiger partial charge on any atom is 0.159 e. The standard InChI is InChI=1S/C10H16N4/c1-7(2)9(5-11)13-14-10(6-12)8(3)4/h7-10H,1-4H3/t9-,10+. The summed E-state index contributed by atoms with van der Waals surface area (Å²) in [4.78, 5) is 0. The molecule has 76 valence electrons. The molecule has 0 bridgehead atoms. The third kappa shape index (κ3) is 4.00. The van der Waals surface area contributed by atoms with E-state index in [1.54, 1.807) is 0 Å². The molecular weight excluding hydrogens is 176 g/mol. The van der Waals surface area contributed by atoms with Crippen molar-refractivity contribution in [3.05, 3.63) is 0 Å². The average Bonchev–Trinajstić information content (AvgIpc) is 2.11. The largest absolute Gasteiger partial charge is 0.196 e. The van der Waals surface area contributed by atoms with E-state index in [1.165, 1.54) is 0 Å². The van der Waals surface area contributed by atoms with Gasteiger partial charge in [-0.1, -0.05) is 27.7 Å². The van der Waals surface area contributed by atoms with E-state index in [0.717, 1.165) is 0 Å². The summed E-state index contributed by atoms with van der Waals surface area (Å²) >= 11 is 0. The first-order chi connectivity index (χ1) is 6.52. The maximum atomic E-state index is 8.73. The van der Waals surface area contributed by atoms with Crippen LogP contribution in [0.25, 0.3) is 0 Å². The first-order valence-electron chi connectivity index (χ1n) is 4.72. The van der Waals surface area contributed by atoms with Crippen LogP contribution >= 0.6 is 0 Å². The van der Waals surface area contributed by atoms with Crippen molar-refractivity contribution < 1.29 is 0 Å². The molecule has 14 heavy (non-hydrogen) atoms. The van der Waals surface area contributed by atoms with E-state index in [9.17, 15) is 0 Å². The molecule has 0 rings (SSSR count). The second-order valence-corrected chi connectivity index (χ2v) is 3.87. The molecule has 4 nitrogen and oxygen atoms in total. The molecular formula is C10H16N4. The molecule has 0 fully saturated rings. The monoisotopic (exact) mass is 192 g/mol. The van der Waals surface area contributed by atoms with Crippen LogP contribution in [0.5, 0.6) is 0 Å². The summed E-state index contributed by atoms with van der Waals surface area (Å²) in [5, 5.41) is 25.2. The number of nitrogens with zero attached hydrogens (tertiary/aromatic N) is 4. The highest BCUT2D eigenvalue weighted by atomic mass is 15.1. The van der Waals surface area contributed by atoms with Crippen molar-refractivity contribution in [1.82, 2.24) is 0 Å². The number of hydrogen-bond donors (Lipinski definition) is 0. The highest BCUT2D eigenvalue weighted by molar-refractivity contribution is 4.94. The van der Waals surface area contributed by atoms with E-state index in [4.69, 9.17) is 10.5 Å². The van der Waals surface area contributed by atoms with Gasteiger partial charge in [0.1, 0.15) is 0 Å². The lowest BCUT2D eigenvalue weighted by atomic mass is 10.1. The van der Waals surface area contributed by atoms with Crippen LogP contribution in [0, 0.1) is 34.5 Å². The highest BCUT2D eigenvalue weighted by Gasteiger charge is 2.14. The Morgan fingerprint density at radius 1 is 0.786 bits per heavy atom. The van der Waals surface area contributed by atoms with Crippen molar-refractivity contribution in [3.8, 4) is 12.1 Å². The zero-order chi connectivity index (χ0) is 11.1. The fraction of sp³-hybridized carbons (Fsp3) is 0.800. The van der Waals surface area contributed by atoms with Gasteiger partial charge in [-0.2, -0.15) is 20.8 Å². The van der Waals surface area contributed by atoms with Crippen molar-refractivity contribution in [1.29, 1.82) is 10.5 Å². The molecule has 4 heteroatoms. The van der Waals surface area contributed by atoms with Crippen molar-refractivity contribution in [2.75, 3.05) is 0 Å². The SMILES string of the molecule is CC(C)[C@H](C#N)N=N[C@H](C#N)C(C)C. The lowest BCUT2D eigenvalue weighted by molar-refractivity contribution is 0.507. The van der Waals surface area contributed by atoms with E-state index in [1.807, 2.05) is 27.7 Å². The van der Waals surface area contributed by atoms with E-state index in [-0.39, 0.29) is 11.8 Å². The number of hydrogen-bond acceptors (Lipinski definition) is 4.